The predicted octanol–water partition coefficient (Wildman–Crippen LogP) is 6.58. The molecule has 7 heteroatoms. The van der Waals surface area contributed by atoms with Crippen LogP contribution in [0.5, 0.6) is 5.75 Å². The molecule has 0 spiro atoms. The van der Waals surface area contributed by atoms with Crippen molar-refractivity contribution in [1.82, 2.24) is 15.0 Å². The lowest BCUT2D eigenvalue weighted by Gasteiger charge is -2.39. The molecule has 0 saturated carbocycles. The van der Waals surface area contributed by atoms with Crippen molar-refractivity contribution in [2.45, 2.75) is 86.8 Å². The molecular weight excluding hydrogens is 500 g/mol. The van der Waals surface area contributed by atoms with Gasteiger partial charge in [0.2, 0.25) is 0 Å². The van der Waals surface area contributed by atoms with Crippen molar-refractivity contribution < 1.29 is 14.4 Å². The topological polar surface area (TPSA) is 67.8 Å². The van der Waals surface area contributed by atoms with Gasteiger partial charge in [0.1, 0.15) is 18.2 Å². The number of hydroxylamine groups is 2. The molecule has 1 fully saturated rings. The third-order valence-electron chi connectivity index (χ3n) is 7.78. The maximum absolute atomic E-state index is 11.6. The summed E-state index contributed by atoms with van der Waals surface area (Å²) >= 11 is 0. The number of aromatic nitrogens is 2. The molecule has 1 unspecified atom stereocenters. The number of carbonyl (C=O) groups excluding carboxylic acids is 1. The third-order valence-corrected chi connectivity index (χ3v) is 7.78. The molecule has 3 aromatic rings. The maximum Gasteiger partial charge on any atom is 0.322 e. The van der Waals surface area contributed by atoms with Crippen molar-refractivity contribution in [3.05, 3.63) is 69.9 Å². The van der Waals surface area contributed by atoms with Gasteiger partial charge in [0.25, 0.3) is 0 Å². The number of aryl methyl sites for hydroxylation is 4. The van der Waals surface area contributed by atoms with Gasteiger partial charge in [-0.05, 0) is 67.9 Å². The molecule has 0 bridgehead atoms. The Morgan fingerprint density at radius 2 is 1.75 bits per heavy atom. The highest BCUT2D eigenvalue weighted by atomic mass is 16.7. The van der Waals surface area contributed by atoms with E-state index in [0.29, 0.717) is 32.2 Å². The SMILES string of the molecule is CCc1cccc(CC)c1-c1nc(C)c(COc2cc(C(C)C)ccc2C)c(N2CCN(OC(C)=O)C(C)C2)n1. The number of anilines is 1. The molecule has 7 nitrogen and oxygen atoms in total. The van der Waals surface area contributed by atoms with Gasteiger partial charge in [-0.3, -0.25) is 4.79 Å². The monoisotopic (exact) mass is 544 g/mol. The Morgan fingerprint density at radius 1 is 1.05 bits per heavy atom. The van der Waals surface area contributed by atoms with Crippen molar-refractivity contribution in [3.63, 3.8) is 0 Å². The lowest BCUT2D eigenvalue weighted by atomic mass is 9.96. The lowest BCUT2D eigenvalue weighted by molar-refractivity contribution is -0.199. The first-order chi connectivity index (χ1) is 19.1. The van der Waals surface area contributed by atoms with Gasteiger partial charge >= 0.3 is 5.97 Å². The predicted molar refractivity (Wildman–Crippen MR) is 161 cm³/mol. The Morgan fingerprint density at radius 3 is 2.35 bits per heavy atom. The molecular formula is C33H44N4O3. The smallest absolute Gasteiger partial charge is 0.322 e. The van der Waals surface area contributed by atoms with Crippen molar-refractivity contribution in [3.8, 4) is 17.1 Å². The average Bonchev–Trinajstić information content (AvgIpc) is 2.93. The Bertz CT molecular complexity index is 1330. The summed E-state index contributed by atoms with van der Waals surface area (Å²) in [6, 6.07) is 12.9. The van der Waals surface area contributed by atoms with Crippen LogP contribution in [0.4, 0.5) is 5.82 Å². The second kappa shape index (κ2) is 12.8. The maximum atomic E-state index is 11.6. The van der Waals surface area contributed by atoms with E-state index in [0.717, 1.165) is 52.6 Å². The molecule has 1 aromatic heterocycles. The van der Waals surface area contributed by atoms with Gasteiger partial charge in [-0.1, -0.05) is 58.0 Å². The molecule has 1 atom stereocenters. The van der Waals surface area contributed by atoms with E-state index in [1.807, 2.05) is 0 Å². The quantitative estimate of drug-likeness (QED) is 0.302. The van der Waals surface area contributed by atoms with Crippen LogP contribution >= 0.6 is 0 Å². The van der Waals surface area contributed by atoms with Gasteiger partial charge in [-0.2, -0.15) is 0 Å². The summed E-state index contributed by atoms with van der Waals surface area (Å²) in [4.78, 5) is 29.7. The van der Waals surface area contributed by atoms with E-state index in [4.69, 9.17) is 19.5 Å². The van der Waals surface area contributed by atoms with Gasteiger partial charge in [0.05, 0.1) is 23.8 Å². The van der Waals surface area contributed by atoms with Gasteiger partial charge in [-0.25, -0.2) is 9.97 Å². The molecule has 2 aromatic carbocycles. The van der Waals surface area contributed by atoms with Crippen LogP contribution in [-0.2, 0) is 29.1 Å². The fourth-order valence-electron chi connectivity index (χ4n) is 5.37. The van der Waals surface area contributed by atoms with Crippen LogP contribution in [-0.4, -0.2) is 46.7 Å². The number of nitrogens with zero attached hydrogens (tertiary/aromatic N) is 4. The minimum absolute atomic E-state index is 0.0178. The first-order valence-corrected chi connectivity index (χ1v) is 14.5. The number of hydrogen-bond donors (Lipinski definition) is 0. The second-order valence-corrected chi connectivity index (χ2v) is 11.1. The van der Waals surface area contributed by atoms with Crippen LogP contribution in [0.25, 0.3) is 11.4 Å². The van der Waals surface area contributed by atoms with Crippen LogP contribution in [0.3, 0.4) is 0 Å². The van der Waals surface area contributed by atoms with Crippen LogP contribution < -0.4 is 9.64 Å². The number of carbonyl (C=O) groups is 1. The van der Waals surface area contributed by atoms with E-state index in [2.05, 4.69) is 89.8 Å². The molecule has 2 heterocycles. The molecule has 1 saturated heterocycles. The van der Waals surface area contributed by atoms with Crippen molar-refractivity contribution in [2.75, 3.05) is 24.5 Å². The number of piperazine rings is 1. The zero-order chi connectivity index (χ0) is 29.0. The zero-order valence-corrected chi connectivity index (χ0v) is 25.4. The minimum atomic E-state index is -0.295. The molecule has 214 valence electrons. The Balaban J connectivity index is 1.77. The largest absolute Gasteiger partial charge is 0.488 e. The first kappa shape index (κ1) is 29.5. The van der Waals surface area contributed by atoms with Crippen molar-refractivity contribution >= 4 is 11.8 Å². The van der Waals surface area contributed by atoms with Crippen molar-refractivity contribution in [2.24, 2.45) is 0 Å². The fraction of sp³-hybridized carbons (Fsp3) is 0.485. The van der Waals surface area contributed by atoms with Gasteiger partial charge in [0, 0.05) is 25.6 Å². The zero-order valence-electron chi connectivity index (χ0n) is 25.4. The summed E-state index contributed by atoms with van der Waals surface area (Å²) in [5.74, 6) is 2.67. The van der Waals surface area contributed by atoms with Crippen LogP contribution in [0, 0.1) is 13.8 Å². The minimum Gasteiger partial charge on any atom is -0.488 e. The van der Waals surface area contributed by atoms with E-state index in [1.165, 1.54) is 23.6 Å². The number of benzene rings is 2. The van der Waals surface area contributed by atoms with E-state index in [-0.39, 0.29) is 12.0 Å². The van der Waals surface area contributed by atoms with E-state index in [9.17, 15) is 4.79 Å². The fourth-order valence-corrected chi connectivity index (χ4v) is 5.37. The molecule has 0 radical (unpaired) electrons. The molecule has 0 N–H and O–H groups in total. The normalized spacial score (nSPS) is 15.9. The molecule has 1 aliphatic heterocycles. The molecule has 40 heavy (non-hydrogen) atoms. The highest BCUT2D eigenvalue weighted by molar-refractivity contribution is 5.68. The van der Waals surface area contributed by atoms with Crippen LogP contribution in [0.1, 0.15) is 81.0 Å². The highest BCUT2D eigenvalue weighted by Crippen LogP contribution is 2.33. The van der Waals surface area contributed by atoms with Gasteiger partial charge in [-0.15, -0.1) is 5.06 Å². The van der Waals surface area contributed by atoms with E-state index < -0.39 is 0 Å². The summed E-state index contributed by atoms with van der Waals surface area (Å²) < 4.78 is 6.48. The first-order valence-electron chi connectivity index (χ1n) is 14.5. The Hall–Kier alpha value is -3.45. The Kier molecular flexibility index (Phi) is 9.46. The standard InChI is InChI=1S/C33H44N4O3/c1-9-26-12-11-13-27(10-2)31(26)32-34-24(7)29(20-39-30-18-28(21(3)4)15-14-22(30)5)33(35-32)36-16-17-37(23(6)19-36)40-25(8)38/h11-15,18,21,23H,9-10,16-17,19-20H2,1-8H3. The lowest BCUT2D eigenvalue weighted by Crippen LogP contribution is -2.52. The second-order valence-electron chi connectivity index (χ2n) is 11.1. The summed E-state index contributed by atoms with van der Waals surface area (Å²) in [5, 5.41) is 1.77. The van der Waals surface area contributed by atoms with Gasteiger partial charge < -0.3 is 14.5 Å². The number of hydrogen-bond acceptors (Lipinski definition) is 7. The summed E-state index contributed by atoms with van der Waals surface area (Å²) in [7, 11) is 0. The highest BCUT2D eigenvalue weighted by Gasteiger charge is 2.30. The van der Waals surface area contributed by atoms with E-state index >= 15 is 0 Å². The van der Waals surface area contributed by atoms with Crippen LogP contribution in [0.15, 0.2) is 36.4 Å². The van der Waals surface area contributed by atoms with Crippen LogP contribution in [0.2, 0.25) is 0 Å². The summed E-state index contributed by atoms with van der Waals surface area (Å²) in [6.45, 7) is 18.7. The molecule has 4 rings (SSSR count). The third kappa shape index (κ3) is 6.47. The Labute approximate surface area is 239 Å². The summed E-state index contributed by atoms with van der Waals surface area (Å²) in [5.41, 5.74) is 7.90. The van der Waals surface area contributed by atoms with Gasteiger partial charge in [0.15, 0.2) is 5.82 Å². The molecule has 0 aliphatic carbocycles. The number of ether oxygens (including phenoxy) is 1. The van der Waals surface area contributed by atoms with E-state index in [1.54, 1.807) is 5.06 Å². The molecule has 1 aliphatic rings. The average molecular weight is 545 g/mol. The number of rotatable bonds is 9. The van der Waals surface area contributed by atoms with Crippen molar-refractivity contribution in [1.29, 1.82) is 0 Å². The summed E-state index contributed by atoms with van der Waals surface area (Å²) in [6.07, 6.45) is 1.82. The molecule has 0 amide bonds.